The van der Waals surface area contributed by atoms with Crippen molar-refractivity contribution in [2.75, 3.05) is 7.11 Å². The minimum atomic E-state index is -4.65. The van der Waals surface area contributed by atoms with Crippen molar-refractivity contribution in [3.05, 3.63) is 59.2 Å². The van der Waals surface area contributed by atoms with Crippen LogP contribution in [0.1, 0.15) is 21.5 Å². The van der Waals surface area contributed by atoms with Crippen molar-refractivity contribution in [1.29, 1.82) is 0 Å². The molecule has 0 saturated carbocycles. The van der Waals surface area contributed by atoms with Crippen molar-refractivity contribution in [3.8, 4) is 23.5 Å². The fourth-order valence-electron chi connectivity index (χ4n) is 2.01. The maximum atomic E-state index is 13.1. The van der Waals surface area contributed by atoms with Crippen LogP contribution in [0.15, 0.2) is 42.5 Å². The number of rotatable bonds is 2. The zero-order valence-electron chi connectivity index (χ0n) is 11.6. The molecule has 0 unspecified atom stereocenters. The Bertz CT molecular complexity index is 738. The van der Waals surface area contributed by atoms with E-state index in [0.29, 0.717) is 16.7 Å². The van der Waals surface area contributed by atoms with Crippen LogP contribution in [0.4, 0.5) is 13.2 Å². The van der Waals surface area contributed by atoms with Gasteiger partial charge < -0.3 is 4.74 Å². The largest absolute Gasteiger partial charge is 0.465 e. The first-order valence-electron chi connectivity index (χ1n) is 6.23. The monoisotopic (exact) mass is 304 g/mol. The molecule has 112 valence electrons. The number of terminal acetylenes is 1. The number of methoxy groups -OCH3 is 1. The van der Waals surface area contributed by atoms with E-state index in [1.54, 1.807) is 24.3 Å². The Morgan fingerprint density at radius 3 is 2.18 bits per heavy atom. The summed E-state index contributed by atoms with van der Waals surface area (Å²) in [5.74, 6) is 1.41. The van der Waals surface area contributed by atoms with Gasteiger partial charge in [0.2, 0.25) is 0 Å². The molecular weight excluding hydrogens is 293 g/mol. The van der Waals surface area contributed by atoms with Gasteiger partial charge in [-0.25, -0.2) is 4.79 Å². The van der Waals surface area contributed by atoms with E-state index in [9.17, 15) is 18.0 Å². The smallest absolute Gasteiger partial charge is 0.417 e. The van der Waals surface area contributed by atoms with Gasteiger partial charge in [-0.15, -0.1) is 6.42 Å². The molecule has 0 aliphatic heterocycles. The molecule has 5 heteroatoms. The van der Waals surface area contributed by atoms with Crippen LogP contribution in [0.3, 0.4) is 0 Å². The molecule has 0 atom stereocenters. The first kappa shape index (κ1) is 15.6. The molecule has 0 amide bonds. The first-order valence-corrected chi connectivity index (χ1v) is 6.23. The minimum absolute atomic E-state index is 0.337. The van der Waals surface area contributed by atoms with Gasteiger partial charge in [0.1, 0.15) is 0 Å². The number of carbonyl (C=O) groups is 1. The van der Waals surface area contributed by atoms with E-state index in [1.165, 1.54) is 6.07 Å². The lowest BCUT2D eigenvalue weighted by atomic mass is 9.98. The predicted octanol–water partition coefficient (Wildman–Crippen LogP) is 4.14. The highest BCUT2D eigenvalue weighted by atomic mass is 19.4. The maximum absolute atomic E-state index is 13.1. The molecule has 0 N–H and O–H groups in total. The van der Waals surface area contributed by atoms with Gasteiger partial charge in [-0.1, -0.05) is 24.1 Å². The molecule has 0 radical (unpaired) electrons. The van der Waals surface area contributed by atoms with Crippen molar-refractivity contribution < 1.29 is 22.7 Å². The summed E-state index contributed by atoms with van der Waals surface area (Å²) in [7, 11) is 1.04. The molecule has 2 aromatic carbocycles. The topological polar surface area (TPSA) is 26.3 Å². The molecule has 2 aromatic rings. The fourth-order valence-corrected chi connectivity index (χ4v) is 2.01. The van der Waals surface area contributed by atoms with Gasteiger partial charge >= 0.3 is 12.1 Å². The average molecular weight is 304 g/mol. The normalized spacial score (nSPS) is 10.9. The number of carbonyl (C=O) groups excluding carboxylic acids is 1. The summed E-state index contributed by atoms with van der Waals surface area (Å²) in [5.41, 5.74) is -0.00712. The molecule has 0 bridgehead atoms. The summed E-state index contributed by atoms with van der Waals surface area (Å²) in [6, 6.07) is 10.0. The van der Waals surface area contributed by atoms with E-state index < -0.39 is 23.3 Å². The highest BCUT2D eigenvalue weighted by Crippen LogP contribution is 2.35. The third kappa shape index (κ3) is 3.12. The van der Waals surface area contributed by atoms with Gasteiger partial charge in [0.25, 0.3) is 0 Å². The summed E-state index contributed by atoms with van der Waals surface area (Å²) < 4.78 is 43.8. The van der Waals surface area contributed by atoms with Crippen molar-refractivity contribution in [2.24, 2.45) is 0 Å². The van der Waals surface area contributed by atoms with Gasteiger partial charge in [0, 0.05) is 5.56 Å². The van der Waals surface area contributed by atoms with Crippen LogP contribution in [0, 0.1) is 12.3 Å². The Labute approximate surface area is 125 Å². The van der Waals surface area contributed by atoms with Crippen LogP contribution >= 0.6 is 0 Å². The Balaban J connectivity index is 2.55. The number of halogens is 3. The molecule has 0 saturated heterocycles. The summed E-state index contributed by atoms with van der Waals surface area (Å²) in [5, 5.41) is 0. The highest BCUT2D eigenvalue weighted by Gasteiger charge is 2.35. The summed E-state index contributed by atoms with van der Waals surface area (Å²) in [6.07, 6.45) is 0.584. The van der Waals surface area contributed by atoms with Crippen LogP contribution in [-0.2, 0) is 10.9 Å². The molecule has 0 spiro atoms. The first-order chi connectivity index (χ1) is 10.4. The standard InChI is InChI=1S/C17H11F3O2/c1-3-11-4-6-12(7-5-11)13-8-9-14(16(21)22-2)15(10-13)17(18,19)20/h1,4-10H,2H3. The van der Waals surface area contributed by atoms with E-state index in [2.05, 4.69) is 10.7 Å². The minimum Gasteiger partial charge on any atom is -0.465 e. The van der Waals surface area contributed by atoms with Crippen LogP contribution in [0.25, 0.3) is 11.1 Å². The van der Waals surface area contributed by atoms with E-state index in [0.717, 1.165) is 19.2 Å². The SMILES string of the molecule is C#Cc1ccc(-c2ccc(C(=O)OC)c(C(F)(F)F)c2)cc1. The summed E-state index contributed by atoms with van der Waals surface area (Å²) in [6.45, 7) is 0. The van der Waals surface area contributed by atoms with Crippen LogP contribution in [0.2, 0.25) is 0 Å². The highest BCUT2D eigenvalue weighted by molar-refractivity contribution is 5.92. The molecule has 2 rings (SSSR count). The zero-order chi connectivity index (χ0) is 16.3. The van der Waals surface area contributed by atoms with Gasteiger partial charge in [-0.3, -0.25) is 0 Å². The lowest BCUT2D eigenvalue weighted by Crippen LogP contribution is -2.14. The second kappa shape index (κ2) is 5.94. The van der Waals surface area contributed by atoms with Crippen LogP contribution < -0.4 is 0 Å². The predicted molar refractivity (Wildman–Crippen MR) is 76.2 cm³/mol. The Hall–Kier alpha value is -2.74. The molecule has 0 aliphatic carbocycles. The zero-order valence-corrected chi connectivity index (χ0v) is 11.6. The van der Waals surface area contributed by atoms with Crippen molar-refractivity contribution in [1.82, 2.24) is 0 Å². The van der Waals surface area contributed by atoms with Gasteiger partial charge in [-0.05, 0) is 35.4 Å². The molecule has 2 nitrogen and oxygen atoms in total. The van der Waals surface area contributed by atoms with E-state index in [-0.39, 0.29) is 0 Å². The quantitative estimate of drug-likeness (QED) is 0.615. The lowest BCUT2D eigenvalue weighted by molar-refractivity contribution is -0.138. The third-order valence-electron chi connectivity index (χ3n) is 3.12. The molecular formula is C17H11F3O2. The van der Waals surface area contributed by atoms with Gasteiger partial charge in [0.15, 0.2) is 0 Å². The molecule has 0 fully saturated rings. The molecule has 0 aromatic heterocycles. The maximum Gasteiger partial charge on any atom is 0.417 e. The second-order valence-electron chi connectivity index (χ2n) is 4.47. The summed E-state index contributed by atoms with van der Waals surface area (Å²) >= 11 is 0. The molecule has 22 heavy (non-hydrogen) atoms. The number of ether oxygens (including phenoxy) is 1. The average Bonchev–Trinajstić information content (AvgIpc) is 2.53. The number of benzene rings is 2. The van der Waals surface area contributed by atoms with Gasteiger partial charge in [0.05, 0.1) is 18.2 Å². The number of alkyl halides is 3. The molecule has 0 aliphatic rings. The number of hydrogen-bond donors (Lipinski definition) is 0. The van der Waals surface area contributed by atoms with E-state index in [4.69, 9.17) is 6.42 Å². The number of esters is 1. The van der Waals surface area contributed by atoms with Crippen molar-refractivity contribution >= 4 is 5.97 Å². The number of hydrogen-bond acceptors (Lipinski definition) is 2. The van der Waals surface area contributed by atoms with Crippen molar-refractivity contribution in [2.45, 2.75) is 6.18 Å². The summed E-state index contributed by atoms with van der Waals surface area (Å²) in [4.78, 5) is 11.5. The third-order valence-corrected chi connectivity index (χ3v) is 3.12. The van der Waals surface area contributed by atoms with Crippen LogP contribution in [-0.4, -0.2) is 13.1 Å². The lowest BCUT2D eigenvalue weighted by Gasteiger charge is -2.13. The van der Waals surface area contributed by atoms with Crippen molar-refractivity contribution in [3.63, 3.8) is 0 Å². The van der Waals surface area contributed by atoms with E-state index >= 15 is 0 Å². The molecule has 0 heterocycles. The Morgan fingerprint density at radius 2 is 1.68 bits per heavy atom. The Kier molecular flexibility index (Phi) is 4.22. The second-order valence-corrected chi connectivity index (χ2v) is 4.47. The Morgan fingerprint density at radius 1 is 1.09 bits per heavy atom. The van der Waals surface area contributed by atoms with E-state index in [1.807, 2.05) is 0 Å². The van der Waals surface area contributed by atoms with Gasteiger partial charge in [-0.2, -0.15) is 13.2 Å². The van der Waals surface area contributed by atoms with Crippen LogP contribution in [0.5, 0.6) is 0 Å². The fraction of sp³-hybridized carbons (Fsp3) is 0.118.